The number of benzene rings is 2. The third-order valence-electron chi connectivity index (χ3n) is 3.57. The highest BCUT2D eigenvalue weighted by atomic mass is 127. The second-order valence-electron chi connectivity index (χ2n) is 5.76. The lowest BCUT2D eigenvalue weighted by atomic mass is 10.2. The minimum absolute atomic E-state index is 0.143. The van der Waals surface area contributed by atoms with E-state index in [1.165, 1.54) is 36.4 Å². The molecule has 0 heterocycles. The van der Waals surface area contributed by atoms with Crippen LogP contribution in [-0.4, -0.2) is 39.2 Å². The zero-order chi connectivity index (χ0) is 23.6. The summed E-state index contributed by atoms with van der Waals surface area (Å²) in [6.45, 7) is 1.57. The molecule has 1 N–H and O–H groups in total. The Morgan fingerprint density at radius 1 is 1.13 bits per heavy atom. The van der Waals surface area contributed by atoms with Crippen LogP contribution in [-0.2, 0) is 25.0 Å². The van der Waals surface area contributed by atoms with Gasteiger partial charge in [0.15, 0.2) is 12.4 Å². The normalized spacial score (nSPS) is 12.3. The lowest BCUT2D eigenvalue weighted by Crippen LogP contribution is -2.34. The second-order valence-corrected chi connectivity index (χ2v) is 11.3. The van der Waals surface area contributed by atoms with Crippen molar-refractivity contribution in [3.63, 3.8) is 0 Å². The van der Waals surface area contributed by atoms with Gasteiger partial charge in [0.25, 0.3) is 0 Å². The van der Waals surface area contributed by atoms with Crippen molar-refractivity contribution in [2.24, 2.45) is 0 Å². The topological polar surface area (TPSA) is 124 Å². The lowest BCUT2D eigenvalue weighted by Gasteiger charge is -2.16. The molecule has 14 heteroatoms. The molecule has 0 saturated heterocycles. The van der Waals surface area contributed by atoms with E-state index in [-0.39, 0.29) is 8.47 Å². The minimum atomic E-state index is -5.82. The van der Waals surface area contributed by atoms with E-state index in [9.17, 15) is 30.4 Å². The summed E-state index contributed by atoms with van der Waals surface area (Å²) < 4.78 is 91.8. The Balaban J connectivity index is 2.40. The smallest absolute Gasteiger partial charge is 0.402 e. The largest absolute Gasteiger partial charge is 0.454 e. The summed E-state index contributed by atoms with van der Waals surface area (Å²) in [4.78, 5) is 12.1. The Morgan fingerprint density at radius 2 is 1.71 bits per heavy atom. The number of ether oxygens (including phenoxy) is 1. The molecular weight excluding hydrogens is 688 g/mol. The van der Waals surface area contributed by atoms with Gasteiger partial charge in [-0.15, -0.1) is 0 Å². The van der Waals surface area contributed by atoms with Crippen LogP contribution >= 0.6 is 45.2 Å². The van der Waals surface area contributed by atoms with Crippen LogP contribution < -0.4 is 4.18 Å². The van der Waals surface area contributed by atoms with Gasteiger partial charge in [-0.25, -0.2) is 4.79 Å². The molecule has 2 aromatic rings. The van der Waals surface area contributed by atoms with Crippen molar-refractivity contribution < 1.29 is 43.9 Å². The van der Waals surface area contributed by atoms with Crippen LogP contribution in [0.4, 0.5) is 8.78 Å². The van der Waals surface area contributed by atoms with Gasteiger partial charge < -0.3 is 8.92 Å². The lowest BCUT2D eigenvalue weighted by molar-refractivity contribution is -0.00961. The van der Waals surface area contributed by atoms with Crippen LogP contribution in [0.2, 0.25) is 0 Å². The van der Waals surface area contributed by atoms with Crippen molar-refractivity contribution in [3.05, 3.63) is 61.2 Å². The Morgan fingerprint density at radius 3 is 2.23 bits per heavy atom. The molecule has 0 saturated carbocycles. The molecule has 0 amide bonds. The monoisotopic (exact) mass is 700 g/mol. The molecule has 0 aliphatic rings. The number of carbonyl (C=O) groups excluding carboxylic acids is 1. The third-order valence-corrected chi connectivity index (χ3v) is 7.11. The maximum Gasteiger partial charge on any atom is 0.402 e. The van der Waals surface area contributed by atoms with Crippen molar-refractivity contribution in [1.82, 2.24) is 0 Å². The van der Waals surface area contributed by atoms with Crippen molar-refractivity contribution >= 4 is 77.5 Å². The number of carbonyl (C=O) groups is 1. The summed E-state index contributed by atoms with van der Waals surface area (Å²) in [6, 6.07) is 8.00. The zero-order valence-electron chi connectivity index (χ0n) is 15.1. The average molecular weight is 700 g/mol. The van der Waals surface area contributed by atoms with E-state index in [0.717, 1.165) is 6.07 Å². The van der Waals surface area contributed by atoms with Crippen molar-refractivity contribution in [1.29, 1.82) is 0 Å². The van der Waals surface area contributed by atoms with Gasteiger partial charge in [-0.05, 0) is 75.0 Å². The van der Waals surface area contributed by atoms with Crippen molar-refractivity contribution in [3.8, 4) is 5.75 Å². The maximum atomic E-state index is 13.4. The molecule has 2 aromatic carbocycles. The molecule has 0 bridgehead atoms. The SMILES string of the molecule is C=Cc1ccc(S(=O)(=O)Oc2c(I)cc(I)cc2C(=O)OCC(F)(F)S(=O)(=O)O)cc1. The molecule has 0 atom stereocenters. The Kier molecular flexibility index (Phi) is 8.05. The van der Waals surface area contributed by atoms with Crippen molar-refractivity contribution in [2.45, 2.75) is 10.2 Å². The summed E-state index contributed by atoms with van der Waals surface area (Å²) in [5, 5.41) is -4.75. The van der Waals surface area contributed by atoms with Crippen molar-refractivity contribution in [2.75, 3.05) is 6.61 Å². The number of hydrogen-bond donors (Lipinski definition) is 1. The molecule has 0 aromatic heterocycles. The van der Waals surface area contributed by atoms with Gasteiger partial charge in [-0.2, -0.15) is 25.6 Å². The van der Waals surface area contributed by atoms with E-state index in [2.05, 4.69) is 11.3 Å². The first-order valence-electron chi connectivity index (χ1n) is 7.86. The van der Waals surface area contributed by atoms with E-state index in [0.29, 0.717) is 9.13 Å². The summed E-state index contributed by atoms with van der Waals surface area (Å²) in [5.74, 6) is -1.97. The van der Waals surface area contributed by atoms with E-state index in [1.54, 1.807) is 45.2 Å². The Labute approximate surface area is 203 Å². The minimum Gasteiger partial charge on any atom is -0.454 e. The Bertz CT molecular complexity index is 1230. The van der Waals surface area contributed by atoms with Crippen LogP contribution in [0, 0.1) is 7.14 Å². The number of rotatable bonds is 8. The van der Waals surface area contributed by atoms with Gasteiger partial charge in [0, 0.05) is 3.57 Å². The second kappa shape index (κ2) is 9.63. The van der Waals surface area contributed by atoms with Gasteiger partial charge >= 0.3 is 31.5 Å². The summed E-state index contributed by atoms with van der Waals surface area (Å²) in [7, 11) is -10.3. The van der Waals surface area contributed by atoms with E-state index in [1.807, 2.05) is 0 Å². The average Bonchev–Trinajstić information content (AvgIpc) is 2.67. The van der Waals surface area contributed by atoms with Crippen LogP contribution in [0.3, 0.4) is 0 Å². The molecule has 31 heavy (non-hydrogen) atoms. The summed E-state index contributed by atoms with van der Waals surface area (Å²) in [6.07, 6.45) is 1.50. The molecule has 168 valence electrons. The number of hydrogen-bond acceptors (Lipinski definition) is 7. The summed E-state index contributed by atoms with van der Waals surface area (Å²) in [5.41, 5.74) is 0.112. The molecule has 0 aliphatic carbocycles. The first-order valence-corrected chi connectivity index (χ1v) is 12.9. The van der Waals surface area contributed by atoms with Crippen LogP contribution in [0.15, 0.2) is 47.9 Å². The standard InChI is InChI=1S/C17H12F2I2O8S2/c1-2-10-3-5-12(6-4-10)30(23,24)29-15-13(7-11(20)8-14(15)21)16(22)28-9-17(18,19)31(25,26)27/h2-8H,1,9H2,(H,25,26,27). The number of halogens is 4. The van der Waals surface area contributed by atoms with Crippen LogP contribution in [0.5, 0.6) is 5.75 Å². The van der Waals surface area contributed by atoms with Gasteiger partial charge in [-0.3, -0.25) is 4.55 Å². The van der Waals surface area contributed by atoms with Gasteiger partial charge in [0.2, 0.25) is 0 Å². The fourth-order valence-corrected chi connectivity index (χ4v) is 5.30. The molecule has 0 unspecified atom stereocenters. The summed E-state index contributed by atoms with van der Waals surface area (Å²) >= 11 is 3.46. The predicted molar refractivity (Wildman–Crippen MR) is 123 cm³/mol. The molecule has 0 spiro atoms. The molecule has 2 rings (SSSR count). The molecule has 0 radical (unpaired) electrons. The third kappa shape index (κ3) is 6.33. The molecule has 0 fully saturated rings. The quantitative estimate of drug-likeness (QED) is 0.190. The van der Waals surface area contributed by atoms with Crippen LogP contribution in [0.25, 0.3) is 6.08 Å². The molecule has 8 nitrogen and oxygen atoms in total. The van der Waals surface area contributed by atoms with E-state index >= 15 is 0 Å². The fraction of sp³-hybridized carbons (Fsp3) is 0.118. The zero-order valence-corrected chi connectivity index (χ0v) is 21.0. The number of esters is 1. The van der Waals surface area contributed by atoms with Crippen LogP contribution in [0.1, 0.15) is 15.9 Å². The molecule has 0 aliphatic heterocycles. The molecular formula is C17H12F2I2O8S2. The van der Waals surface area contributed by atoms with E-state index in [4.69, 9.17) is 8.74 Å². The highest BCUT2D eigenvalue weighted by molar-refractivity contribution is 14.1. The first kappa shape index (κ1) is 25.9. The van der Waals surface area contributed by atoms with E-state index < -0.39 is 49.4 Å². The number of alkyl halides is 2. The van der Waals surface area contributed by atoms with Gasteiger partial charge in [-0.1, -0.05) is 24.8 Å². The first-order chi connectivity index (χ1) is 14.2. The van der Waals surface area contributed by atoms with Gasteiger partial charge in [0.05, 0.1) is 3.57 Å². The fourth-order valence-electron chi connectivity index (χ4n) is 2.03. The maximum absolute atomic E-state index is 13.4. The Hall–Kier alpha value is -1.37. The predicted octanol–water partition coefficient (Wildman–Crippen LogP) is 3.94. The van der Waals surface area contributed by atoms with Gasteiger partial charge in [0.1, 0.15) is 10.5 Å². The highest BCUT2D eigenvalue weighted by Gasteiger charge is 2.46. The highest BCUT2D eigenvalue weighted by Crippen LogP contribution is 2.32.